The van der Waals surface area contributed by atoms with Gasteiger partial charge >= 0.3 is 0 Å². The van der Waals surface area contributed by atoms with Crippen molar-refractivity contribution in [2.24, 2.45) is 0 Å². The van der Waals surface area contributed by atoms with Gasteiger partial charge in [-0.15, -0.1) is 0 Å². The van der Waals surface area contributed by atoms with Crippen molar-refractivity contribution in [3.63, 3.8) is 0 Å². The standard InChI is InChI=1S/C21H26O/c1-15-13-20(14-16(2)21(15)22-3)19-11-9-18(10-12-19)17-7-5-4-6-8-17/h9-14,17H,4-8H2,1-3H3. The van der Waals surface area contributed by atoms with E-state index in [9.17, 15) is 0 Å². The van der Waals surface area contributed by atoms with Crippen molar-refractivity contribution in [3.8, 4) is 16.9 Å². The number of benzene rings is 2. The van der Waals surface area contributed by atoms with Crippen LogP contribution in [0.15, 0.2) is 36.4 Å². The van der Waals surface area contributed by atoms with Crippen LogP contribution in [0.3, 0.4) is 0 Å². The molecule has 1 saturated carbocycles. The molecule has 0 amide bonds. The van der Waals surface area contributed by atoms with E-state index in [1.165, 1.54) is 59.9 Å². The highest BCUT2D eigenvalue weighted by Crippen LogP contribution is 2.34. The Hall–Kier alpha value is -1.76. The molecule has 0 atom stereocenters. The third-order valence-electron chi connectivity index (χ3n) is 4.99. The Morgan fingerprint density at radius 3 is 1.95 bits per heavy atom. The largest absolute Gasteiger partial charge is 0.496 e. The first-order valence-electron chi connectivity index (χ1n) is 8.44. The maximum Gasteiger partial charge on any atom is 0.124 e. The number of hydrogen-bond acceptors (Lipinski definition) is 1. The molecule has 0 N–H and O–H groups in total. The smallest absolute Gasteiger partial charge is 0.124 e. The molecule has 1 fully saturated rings. The van der Waals surface area contributed by atoms with Gasteiger partial charge in [0, 0.05) is 0 Å². The first-order chi connectivity index (χ1) is 10.7. The Kier molecular flexibility index (Phi) is 4.52. The summed E-state index contributed by atoms with van der Waals surface area (Å²) in [6, 6.07) is 13.7. The molecule has 2 aromatic rings. The fourth-order valence-electron chi connectivity index (χ4n) is 3.82. The molecule has 1 aliphatic rings. The lowest BCUT2D eigenvalue weighted by Gasteiger charge is -2.22. The molecule has 0 radical (unpaired) electrons. The highest BCUT2D eigenvalue weighted by Gasteiger charge is 2.15. The van der Waals surface area contributed by atoms with Crippen LogP contribution in [0.2, 0.25) is 0 Å². The van der Waals surface area contributed by atoms with Gasteiger partial charge in [-0.1, -0.05) is 43.5 Å². The molecule has 2 aromatic carbocycles. The summed E-state index contributed by atoms with van der Waals surface area (Å²) in [5.74, 6) is 1.78. The van der Waals surface area contributed by atoms with E-state index in [0.717, 1.165) is 11.7 Å². The van der Waals surface area contributed by atoms with Crippen molar-refractivity contribution >= 4 is 0 Å². The zero-order chi connectivity index (χ0) is 15.5. The molecule has 3 rings (SSSR count). The van der Waals surface area contributed by atoms with Crippen LogP contribution in [0.4, 0.5) is 0 Å². The van der Waals surface area contributed by atoms with Crippen molar-refractivity contribution < 1.29 is 4.74 Å². The summed E-state index contributed by atoms with van der Waals surface area (Å²) in [5, 5.41) is 0. The van der Waals surface area contributed by atoms with Gasteiger partial charge in [0.2, 0.25) is 0 Å². The minimum Gasteiger partial charge on any atom is -0.496 e. The van der Waals surface area contributed by atoms with Gasteiger partial charge in [0.1, 0.15) is 5.75 Å². The SMILES string of the molecule is COc1c(C)cc(-c2ccc(C3CCCCC3)cc2)cc1C. The van der Waals surface area contributed by atoms with E-state index in [1.54, 1.807) is 7.11 Å². The van der Waals surface area contributed by atoms with Gasteiger partial charge in [0.25, 0.3) is 0 Å². The molecule has 0 unspecified atom stereocenters. The number of methoxy groups -OCH3 is 1. The van der Waals surface area contributed by atoms with Crippen LogP contribution in [-0.2, 0) is 0 Å². The van der Waals surface area contributed by atoms with Gasteiger partial charge < -0.3 is 4.74 Å². The normalized spacial score (nSPS) is 15.8. The minimum atomic E-state index is 0.780. The summed E-state index contributed by atoms with van der Waals surface area (Å²) >= 11 is 0. The number of hydrogen-bond donors (Lipinski definition) is 0. The van der Waals surface area contributed by atoms with E-state index in [-0.39, 0.29) is 0 Å². The summed E-state index contributed by atoms with van der Waals surface area (Å²) in [5.41, 5.74) is 6.51. The summed E-state index contributed by atoms with van der Waals surface area (Å²) in [7, 11) is 1.74. The lowest BCUT2D eigenvalue weighted by molar-refractivity contribution is 0.408. The van der Waals surface area contributed by atoms with Gasteiger partial charge in [0.15, 0.2) is 0 Å². The lowest BCUT2D eigenvalue weighted by Crippen LogP contribution is -2.04. The molecule has 22 heavy (non-hydrogen) atoms. The molecule has 0 aromatic heterocycles. The van der Waals surface area contributed by atoms with E-state index in [4.69, 9.17) is 4.74 Å². The van der Waals surface area contributed by atoms with Crippen molar-refractivity contribution in [2.45, 2.75) is 51.9 Å². The van der Waals surface area contributed by atoms with Crippen molar-refractivity contribution in [3.05, 3.63) is 53.1 Å². The quantitative estimate of drug-likeness (QED) is 0.672. The zero-order valence-corrected chi connectivity index (χ0v) is 14.0. The van der Waals surface area contributed by atoms with Crippen LogP contribution in [0.1, 0.15) is 54.7 Å². The molecular weight excluding hydrogens is 268 g/mol. The lowest BCUT2D eigenvalue weighted by atomic mass is 9.83. The second-order valence-electron chi connectivity index (χ2n) is 6.60. The molecular formula is C21H26O. The summed E-state index contributed by atoms with van der Waals surface area (Å²) in [6.45, 7) is 4.23. The first kappa shape index (κ1) is 15.1. The van der Waals surface area contributed by atoms with Crippen LogP contribution in [0.5, 0.6) is 5.75 Å². The number of rotatable bonds is 3. The van der Waals surface area contributed by atoms with E-state index in [1.807, 2.05) is 0 Å². The Bertz CT molecular complexity index is 610. The van der Waals surface area contributed by atoms with Crippen LogP contribution in [0, 0.1) is 13.8 Å². The molecule has 1 nitrogen and oxygen atoms in total. The Balaban J connectivity index is 1.86. The highest BCUT2D eigenvalue weighted by atomic mass is 16.5. The van der Waals surface area contributed by atoms with Gasteiger partial charge in [-0.2, -0.15) is 0 Å². The Morgan fingerprint density at radius 2 is 1.41 bits per heavy atom. The fourth-order valence-corrected chi connectivity index (χ4v) is 3.82. The van der Waals surface area contributed by atoms with Crippen LogP contribution >= 0.6 is 0 Å². The average Bonchev–Trinajstić information content (AvgIpc) is 2.55. The zero-order valence-electron chi connectivity index (χ0n) is 14.0. The molecule has 1 heteroatoms. The van der Waals surface area contributed by atoms with Crippen molar-refractivity contribution in [1.82, 2.24) is 0 Å². The maximum absolute atomic E-state index is 5.47. The van der Waals surface area contributed by atoms with Gasteiger partial charge in [-0.05, 0) is 72.6 Å². The van der Waals surface area contributed by atoms with Gasteiger partial charge in [-0.25, -0.2) is 0 Å². The van der Waals surface area contributed by atoms with Gasteiger partial charge in [0.05, 0.1) is 7.11 Å². The predicted molar refractivity (Wildman–Crippen MR) is 93.7 cm³/mol. The molecule has 0 spiro atoms. The fraction of sp³-hybridized carbons (Fsp3) is 0.429. The second kappa shape index (κ2) is 6.56. The topological polar surface area (TPSA) is 9.23 Å². The second-order valence-corrected chi connectivity index (χ2v) is 6.60. The molecule has 1 aliphatic carbocycles. The van der Waals surface area contributed by atoms with Crippen LogP contribution in [0.25, 0.3) is 11.1 Å². The van der Waals surface area contributed by atoms with Crippen LogP contribution < -0.4 is 4.74 Å². The maximum atomic E-state index is 5.47. The molecule has 0 saturated heterocycles. The summed E-state index contributed by atoms with van der Waals surface area (Å²) < 4.78 is 5.47. The van der Waals surface area contributed by atoms with Gasteiger partial charge in [-0.3, -0.25) is 0 Å². The molecule has 0 aliphatic heterocycles. The van der Waals surface area contributed by atoms with E-state index in [2.05, 4.69) is 50.2 Å². The third kappa shape index (κ3) is 3.04. The number of aryl methyl sites for hydroxylation is 2. The third-order valence-corrected chi connectivity index (χ3v) is 4.99. The summed E-state index contributed by atoms with van der Waals surface area (Å²) in [6.07, 6.45) is 6.92. The Morgan fingerprint density at radius 1 is 0.818 bits per heavy atom. The van der Waals surface area contributed by atoms with Crippen molar-refractivity contribution in [1.29, 1.82) is 0 Å². The highest BCUT2D eigenvalue weighted by molar-refractivity contribution is 5.67. The predicted octanol–water partition coefficient (Wildman–Crippen LogP) is 6.03. The van der Waals surface area contributed by atoms with E-state index in [0.29, 0.717) is 0 Å². The van der Waals surface area contributed by atoms with E-state index >= 15 is 0 Å². The molecule has 0 heterocycles. The average molecular weight is 294 g/mol. The van der Waals surface area contributed by atoms with E-state index < -0.39 is 0 Å². The number of ether oxygens (including phenoxy) is 1. The molecule has 116 valence electrons. The first-order valence-corrected chi connectivity index (χ1v) is 8.44. The molecule has 0 bridgehead atoms. The minimum absolute atomic E-state index is 0.780. The monoisotopic (exact) mass is 294 g/mol. The van der Waals surface area contributed by atoms with Crippen LogP contribution in [-0.4, -0.2) is 7.11 Å². The van der Waals surface area contributed by atoms with Crippen molar-refractivity contribution in [2.75, 3.05) is 7.11 Å². The Labute approximate surface area is 134 Å². The summed E-state index contributed by atoms with van der Waals surface area (Å²) in [4.78, 5) is 0.